The second-order valence-corrected chi connectivity index (χ2v) is 8.17. The fourth-order valence-electron chi connectivity index (χ4n) is 4.03. The predicted molar refractivity (Wildman–Crippen MR) is 112 cm³/mol. The molecule has 4 nitrogen and oxygen atoms in total. The van der Waals surface area contributed by atoms with Gasteiger partial charge >= 0.3 is 6.18 Å². The van der Waals surface area contributed by atoms with Crippen LogP contribution in [0.2, 0.25) is 5.02 Å². The third kappa shape index (κ3) is 4.00. The molecule has 2 heterocycles. The lowest BCUT2D eigenvalue weighted by molar-refractivity contribution is -0.143. The molecule has 1 aromatic heterocycles. The van der Waals surface area contributed by atoms with Gasteiger partial charge in [0.25, 0.3) is 5.91 Å². The molecule has 4 rings (SSSR count). The van der Waals surface area contributed by atoms with E-state index in [1.807, 2.05) is 0 Å². The number of likely N-dealkylation sites (tertiary alicyclic amines) is 1. The lowest BCUT2D eigenvalue weighted by Gasteiger charge is -2.36. The summed E-state index contributed by atoms with van der Waals surface area (Å²) in [6.07, 6.45) is -5.48. The van der Waals surface area contributed by atoms with E-state index in [9.17, 15) is 27.5 Å². The smallest absolute Gasteiger partial charge is 0.389 e. The molecule has 0 aliphatic carbocycles. The molecular weight excluding hydrogens is 448 g/mol. The van der Waals surface area contributed by atoms with E-state index >= 15 is 0 Å². The maximum absolute atomic E-state index is 14.2. The highest BCUT2D eigenvalue weighted by atomic mass is 35.5. The highest BCUT2D eigenvalue weighted by Gasteiger charge is 2.43. The number of aliphatic hydroxyl groups excluding tert-OH is 1. The Balaban J connectivity index is 1.99. The van der Waals surface area contributed by atoms with Crippen molar-refractivity contribution in [2.24, 2.45) is 0 Å². The number of carbonyl (C=O) groups is 1. The number of hydrogen-bond donors (Lipinski definition) is 1. The van der Waals surface area contributed by atoms with Gasteiger partial charge < -0.3 is 14.6 Å². The van der Waals surface area contributed by atoms with Crippen LogP contribution in [0.15, 0.2) is 48.5 Å². The van der Waals surface area contributed by atoms with E-state index in [0.29, 0.717) is 5.56 Å². The number of aliphatic hydroxyl groups is 1. The molecule has 2 aromatic carbocycles. The van der Waals surface area contributed by atoms with Crippen molar-refractivity contribution in [1.29, 1.82) is 0 Å². The van der Waals surface area contributed by atoms with E-state index in [-0.39, 0.29) is 47.0 Å². The largest absolute Gasteiger partial charge is 0.431 e. The molecule has 1 N–H and O–H groups in total. The van der Waals surface area contributed by atoms with Gasteiger partial charge in [0, 0.05) is 25.2 Å². The summed E-state index contributed by atoms with van der Waals surface area (Å²) in [5, 5.41) is 9.44. The van der Waals surface area contributed by atoms with Gasteiger partial charge in [-0.05, 0) is 35.7 Å². The molecule has 32 heavy (non-hydrogen) atoms. The molecule has 9 heteroatoms. The first kappa shape index (κ1) is 22.4. The Labute approximate surface area is 186 Å². The number of aromatic nitrogens is 1. The normalized spacial score (nSPS) is 14.5. The summed E-state index contributed by atoms with van der Waals surface area (Å²) in [4.78, 5) is 14.6. The van der Waals surface area contributed by atoms with Crippen molar-refractivity contribution in [2.75, 3.05) is 13.1 Å². The van der Waals surface area contributed by atoms with Crippen LogP contribution in [0, 0.1) is 12.7 Å². The second kappa shape index (κ2) is 8.26. The molecule has 0 radical (unpaired) electrons. The van der Waals surface area contributed by atoms with Gasteiger partial charge in [-0.2, -0.15) is 13.2 Å². The predicted octanol–water partition coefficient (Wildman–Crippen LogP) is 5.14. The van der Waals surface area contributed by atoms with Crippen LogP contribution in [0.3, 0.4) is 0 Å². The zero-order chi connectivity index (χ0) is 23.2. The van der Waals surface area contributed by atoms with Crippen molar-refractivity contribution in [3.05, 3.63) is 81.9 Å². The molecular formula is C23H19ClF4N2O2. The third-order valence-electron chi connectivity index (χ3n) is 5.52. The van der Waals surface area contributed by atoms with Crippen LogP contribution >= 0.6 is 11.6 Å². The number of amides is 1. The van der Waals surface area contributed by atoms with E-state index in [4.69, 9.17) is 11.6 Å². The molecule has 0 unspecified atom stereocenters. The monoisotopic (exact) mass is 466 g/mol. The Morgan fingerprint density at radius 1 is 1.16 bits per heavy atom. The number of β-amino-alcohol motifs (C(OH)–C–C–N with tert-alkyl or cyclic N) is 1. The zero-order valence-corrected chi connectivity index (χ0v) is 17.7. The third-order valence-corrected chi connectivity index (χ3v) is 5.83. The molecule has 1 saturated heterocycles. The maximum Gasteiger partial charge on any atom is 0.431 e. The number of carbonyl (C=O) groups excluding carboxylic acids is 1. The standard InChI is InChI=1S/C23H19ClF4N2O2/c1-13-19(15-7-8-17(24)18(25)9-15)20(22(32)29-11-16(31)12-29)30(21(13)23(26,27)28)10-14-5-3-2-4-6-14/h2-9,16,31H,10-12H2,1H3. The SMILES string of the molecule is Cc1c(-c2ccc(Cl)c(F)c2)c(C(=O)N2CC(O)C2)n(Cc2ccccc2)c1C(F)(F)F. The minimum atomic E-state index is -4.76. The molecule has 1 fully saturated rings. The fraction of sp³-hybridized carbons (Fsp3) is 0.261. The van der Waals surface area contributed by atoms with E-state index in [1.165, 1.54) is 24.0 Å². The number of nitrogens with zero attached hydrogens (tertiary/aromatic N) is 2. The molecule has 1 aliphatic rings. The quantitative estimate of drug-likeness (QED) is 0.541. The summed E-state index contributed by atoms with van der Waals surface area (Å²) in [5.41, 5.74) is -0.677. The molecule has 1 aliphatic heterocycles. The van der Waals surface area contributed by atoms with Crippen LogP contribution < -0.4 is 0 Å². The first-order valence-electron chi connectivity index (χ1n) is 9.85. The Morgan fingerprint density at radius 3 is 2.38 bits per heavy atom. The van der Waals surface area contributed by atoms with Crippen molar-refractivity contribution >= 4 is 17.5 Å². The molecule has 0 bridgehead atoms. The van der Waals surface area contributed by atoms with Gasteiger partial charge in [0.15, 0.2) is 0 Å². The Kier molecular flexibility index (Phi) is 5.77. The topological polar surface area (TPSA) is 45.5 Å². The Bertz CT molecular complexity index is 1170. The van der Waals surface area contributed by atoms with Gasteiger partial charge in [0.2, 0.25) is 0 Å². The van der Waals surface area contributed by atoms with Crippen LogP contribution in [0.4, 0.5) is 17.6 Å². The van der Waals surface area contributed by atoms with Gasteiger partial charge in [0.05, 0.1) is 11.1 Å². The average molecular weight is 467 g/mol. The van der Waals surface area contributed by atoms with Crippen LogP contribution in [-0.2, 0) is 12.7 Å². The Morgan fingerprint density at radius 2 is 1.81 bits per heavy atom. The number of hydrogen-bond acceptors (Lipinski definition) is 2. The first-order valence-corrected chi connectivity index (χ1v) is 10.2. The lowest BCUT2D eigenvalue weighted by Crippen LogP contribution is -2.54. The van der Waals surface area contributed by atoms with Crippen molar-refractivity contribution in [2.45, 2.75) is 25.7 Å². The molecule has 0 atom stereocenters. The molecule has 168 valence electrons. The summed E-state index contributed by atoms with van der Waals surface area (Å²) < 4.78 is 57.8. The van der Waals surface area contributed by atoms with Crippen LogP contribution in [0.1, 0.15) is 27.3 Å². The highest BCUT2D eigenvalue weighted by Crippen LogP contribution is 2.42. The zero-order valence-electron chi connectivity index (χ0n) is 17.0. The molecule has 0 saturated carbocycles. The van der Waals surface area contributed by atoms with Crippen molar-refractivity contribution in [3.63, 3.8) is 0 Å². The summed E-state index contributed by atoms with van der Waals surface area (Å²) in [6.45, 7) is 1.10. The van der Waals surface area contributed by atoms with Gasteiger partial charge in [0.1, 0.15) is 17.2 Å². The van der Waals surface area contributed by atoms with Crippen LogP contribution in [-0.4, -0.2) is 39.7 Å². The molecule has 3 aromatic rings. The van der Waals surface area contributed by atoms with E-state index in [1.54, 1.807) is 30.3 Å². The second-order valence-electron chi connectivity index (χ2n) is 7.76. The van der Waals surface area contributed by atoms with E-state index in [0.717, 1.165) is 10.6 Å². The average Bonchev–Trinajstić information content (AvgIpc) is 3.00. The number of rotatable bonds is 4. The van der Waals surface area contributed by atoms with Gasteiger partial charge in [-0.25, -0.2) is 4.39 Å². The molecule has 1 amide bonds. The van der Waals surface area contributed by atoms with Crippen molar-refractivity contribution < 1.29 is 27.5 Å². The number of alkyl halides is 3. The summed E-state index contributed by atoms with van der Waals surface area (Å²) in [7, 11) is 0. The first-order chi connectivity index (χ1) is 15.1. The number of benzene rings is 2. The van der Waals surface area contributed by atoms with Gasteiger partial charge in [-0.1, -0.05) is 48.0 Å². The van der Waals surface area contributed by atoms with Gasteiger partial charge in [-0.15, -0.1) is 0 Å². The highest BCUT2D eigenvalue weighted by molar-refractivity contribution is 6.30. The van der Waals surface area contributed by atoms with Gasteiger partial charge in [-0.3, -0.25) is 4.79 Å². The van der Waals surface area contributed by atoms with E-state index < -0.39 is 29.7 Å². The lowest BCUT2D eigenvalue weighted by atomic mass is 9.99. The summed E-state index contributed by atoms with van der Waals surface area (Å²) in [6, 6.07) is 12.1. The van der Waals surface area contributed by atoms with E-state index in [2.05, 4.69) is 0 Å². The fourth-order valence-corrected chi connectivity index (χ4v) is 4.15. The van der Waals surface area contributed by atoms with Crippen LogP contribution in [0.5, 0.6) is 0 Å². The minimum absolute atomic E-state index is 0.00443. The maximum atomic E-state index is 14.2. The van der Waals surface area contributed by atoms with Crippen molar-refractivity contribution in [1.82, 2.24) is 9.47 Å². The minimum Gasteiger partial charge on any atom is -0.389 e. The number of halogens is 5. The summed E-state index contributed by atoms with van der Waals surface area (Å²) >= 11 is 5.76. The summed E-state index contributed by atoms with van der Waals surface area (Å²) in [5.74, 6) is -1.46. The Hall–Kier alpha value is -2.84. The van der Waals surface area contributed by atoms with Crippen LogP contribution in [0.25, 0.3) is 11.1 Å². The van der Waals surface area contributed by atoms with Crippen molar-refractivity contribution in [3.8, 4) is 11.1 Å². The molecule has 0 spiro atoms.